The number of hydrogen-bond acceptors (Lipinski definition) is 3. The minimum atomic E-state index is -1.36. The number of aliphatic imine (C=N–C) groups is 1. The van der Waals surface area contributed by atoms with Crippen molar-refractivity contribution in [1.82, 2.24) is 0 Å². The second-order valence-electron chi connectivity index (χ2n) is 1.86. The number of carbonyl (C=O) groups is 1. The number of halogens is 1. The standard InChI is InChI=1S/C5H3ClN2O3/c6-4-2-1-3(8(10)11)5(9)7-4/h1-3H. The lowest BCUT2D eigenvalue weighted by Crippen LogP contribution is -2.28. The lowest BCUT2D eigenvalue weighted by Gasteiger charge is -2.02. The van der Waals surface area contributed by atoms with Gasteiger partial charge in [0, 0.05) is 11.0 Å². The highest BCUT2D eigenvalue weighted by Gasteiger charge is 2.28. The third-order valence-corrected chi connectivity index (χ3v) is 1.32. The van der Waals surface area contributed by atoms with Gasteiger partial charge in [-0.15, -0.1) is 0 Å². The third-order valence-electron chi connectivity index (χ3n) is 1.11. The van der Waals surface area contributed by atoms with Crippen LogP contribution in [0.15, 0.2) is 17.1 Å². The Bertz CT molecular complexity index is 271. The molecule has 0 spiro atoms. The molecule has 1 unspecified atom stereocenters. The van der Waals surface area contributed by atoms with E-state index in [0.717, 1.165) is 6.08 Å². The van der Waals surface area contributed by atoms with Crippen LogP contribution < -0.4 is 0 Å². The summed E-state index contributed by atoms with van der Waals surface area (Å²) >= 11 is 5.30. The first-order valence-electron chi connectivity index (χ1n) is 2.71. The maximum atomic E-state index is 10.7. The van der Waals surface area contributed by atoms with E-state index in [1.165, 1.54) is 6.08 Å². The van der Waals surface area contributed by atoms with Gasteiger partial charge in [0.2, 0.25) is 0 Å². The Labute approximate surface area is 66.5 Å². The molecule has 0 saturated carbocycles. The summed E-state index contributed by atoms with van der Waals surface area (Å²) in [5.74, 6) is -0.831. The van der Waals surface area contributed by atoms with Gasteiger partial charge >= 0.3 is 11.9 Å². The zero-order valence-electron chi connectivity index (χ0n) is 5.23. The summed E-state index contributed by atoms with van der Waals surface area (Å²) < 4.78 is 0. The van der Waals surface area contributed by atoms with Gasteiger partial charge in [-0.3, -0.25) is 14.9 Å². The monoisotopic (exact) mass is 174 g/mol. The van der Waals surface area contributed by atoms with Gasteiger partial charge in [0.1, 0.15) is 5.17 Å². The maximum Gasteiger partial charge on any atom is 0.326 e. The van der Waals surface area contributed by atoms with E-state index in [-0.39, 0.29) is 5.17 Å². The van der Waals surface area contributed by atoms with Gasteiger partial charge in [-0.05, 0) is 6.08 Å². The Balaban J connectivity index is 2.86. The number of amides is 1. The summed E-state index contributed by atoms with van der Waals surface area (Å²) in [6, 6.07) is -1.36. The predicted octanol–water partition coefficient (Wildman–Crippen LogP) is 0.365. The molecule has 1 heterocycles. The molecule has 11 heavy (non-hydrogen) atoms. The van der Waals surface area contributed by atoms with Crippen molar-refractivity contribution < 1.29 is 9.72 Å². The van der Waals surface area contributed by atoms with E-state index in [0.29, 0.717) is 0 Å². The zero-order valence-corrected chi connectivity index (χ0v) is 5.99. The van der Waals surface area contributed by atoms with Crippen LogP contribution in [0, 0.1) is 10.1 Å². The Hall–Kier alpha value is -1.23. The molecule has 0 N–H and O–H groups in total. The third kappa shape index (κ3) is 1.62. The highest BCUT2D eigenvalue weighted by Crippen LogP contribution is 2.05. The maximum absolute atomic E-state index is 10.7. The highest BCUT2D eigenvalue weighted by molar-refractivity contribution is 6.69. The molecule has 5 nitrogen and oxygen atoms in total. The van der Waals surface area contributed by atoms with E-state index in [4.69, 9.17) is 11.6 Å². The SMILES string of the molecule is O=C1N=C(Cl)C=CC1[N+](=O)[O-]. The van der Waals surface area contributed by atoms with Crippen LogP contribution in [-0.4, -0.2) is 22.0 Å². The van der Waals surface area contributed by atoms with E-state index in [9.17, 15) is 14.9 Å². The molecular weight excluding hydrogens is 172 g/mol. The molecule has 58 valence electrons. The first kappa shape index (κ1) is 7.87. The lowest BCUT2D eigenvalue weighted by atomic mass is 10.2. The topological polar surface area (TPSA) is 72.6 Å². The number of nitro groups is 1. The summed E-state index contributed by atoms with van der Waals surface area (Å²) in [6.45, 7) is 0. The van der Waals surface area contributed by atoms with E-state index in [2.05, 4.69) is 4.99 Å². The van der Waals surface area contributed by atoms with Crippen molar-refractivity contribution in [3.05, 3.63) is 22.3 Å². The van der Waals surface area contributed by atoms with Gasteiger partial charge in [-0.1, -0.05) is 11.6 Å². The quantitative estimate of drug-likeness (QED) is 0.426. The van der Waals surface area contributed by atoms with E-state index < -0.39 is 16.9 Å². The van der Waals surface area contributed by atoms with Crippen molar-refractivity contribution in [2.24, 2.45) is 4.99 Å². The Morgan fingerprint density at radius 1 is 1.73 bits per heavy atom. The molecule has 0 radical (unpaired) electrons. The Kier molecular flexibility index (Phi) is 2.00. The minimum absolute atomic E-state index is 0.0203. The molecule has 0 aromatic carbocycles. The summed E-state index contributed by atoms with van der Waals surface area (Å²) in [4.78, 5) is 23.3. The summed E-state index contributed by atoms with van der Waals surface area (Å²) in [5.41, 5.74) is 0. The van der Waals surface area contributed by atoms with Gasteiger partial charge in [0.05, 0.1) is 0 Å². The van der Waals surface area contributed by atoms with E-state index in [1.54, 1.807) is 0 Å². The summed E-state index contributed by atoms with van der Waals surface area (Å²) in [5, 5.41) is 10.1. The molecule has 6 heteroatoms. The Morgan fingerprint density at radius 2 is 2.36 bits per heavy atom. The fourth-order valence-electron chi connectivity index (χ4n) is 0.622. The molecule has 1 aliphatic rings. The normalized spacial score (nSPS) is 23.2. The summed E-state index contributed by atoms with van der Waals surface area (Å²) in [7, 11) is 0. The number of dihydropyridines is 1. The van der Waals surface area contributed by atoms with Crippen LogP contribution in [0.1, 0.15) is 0 Å². The number of allylic oxidation sites excluding steroid dienone is 1. The first-order chi connectivity index (χ1) is 5.11. The van der Waals surface area contributed by atoms with Crippen molar-refractivity contribution in [1.29, 1.82) is 0 Å². The highest BCUT2D eigenvalue weighted by atomic mass is 35.5. The number of carbonyl (C=O) groups excluding carboxylic acids is 1. The molecule has 0 aromatic heterocycles. The average Bonchev–Trinajstić information content (AvgIpc) is 1.85. The van der Waals surface area contributed by atoms with E-state index >= 15 is 0 Å². The fourth-order valence-corrected chi connectivity index (χ4v) is 0.778. The smallest absolute Gasteiger partial charge is 0.264 e. The molecule has 1 amide bonds. The molecule has 0 bridgehead atoms. The van der Waals surface area contributed by atoms with Crippen molar-refractivity contribution in [3.8, 4) is 0 Å². The molecule has 0 fully saturated rings. The van der Waals surface area contributed by atoms with Gasteiger partial charge in [0.15, 0.2) is 0 Å². The second kappa shape index (κ2) is 2.79. The van der Waals surface area contributed by atoms with Crippen molar-refractivity contribution in [2.75, 3.05) is 0 Å². The Morgan fingerprint density at radius 3 is 2.82 bits per heavy atom. The van der Waals surface area contributed by atoms with Crippen LogP contribution in [-0.2, 0) is 4.79 Å². The fraction of sp³-hybridized carbons (Fsp3) is 0.200. The number of hydrogen-bond donors (Lipinski definition) is 0. The molecule has 1 aliphatic heterocycles. The van der Waals surface area contributed by atoms with Crippen LogP contribution in [0.4, 0.5) is 0 Å². The molecule has 0 aromatic rings. The average molecular weight is 175 g/mol. The van der Waals surface area contributed by atoms with Crippen LogP contribution in [0.5, 0.6) is 0 Å². The van der Waals surface area contributed by atoms with Gasteiger partial charge in [-0.25, -0.2) is 0 Å². The van der Waals surface area contributed by atoms with Crippen molar-refractivity contribution in [2.45, 2.75) is 6.04 Å². The summed E-state index contributed by atoms with van der Waals surface area (Å²) in [6.07, 6.45) is 2.34. The minimum Gasteiger partial charge on any atom is -0.264 e. The van der Waals surface area contributed by atoms with Crippen LogP contribution in [0.3, 0.4) is 0 Å². The van der Waals surface area contributed by atoms with Crippen LogP contribution >= 0.6 is 11.6 Å². The zero-order chi connectivity index (χ0) is 8.43. The predicted molar refractivity (Wildman–Crippen MR) is 38.2 cm³/mol. The van der Waals surface area contributed by atoms with Crippen molar-refractivity contribution >= 4 is 22.7 Å². The molecule has 0 aliphatic carbocycles. The lowest BCUT2D eigenvalue weighted by molar-refractivity contribution is -0.495. The van der Waals surface area contributed by atoms with Crippen molar-refractivity contribution in [3.63, 3.8) is 0 Å². The van der Waals surface area contributed by atoms with Gasteiger partial charge in [-0.2, -0.15) is 4.99 Å². The molecule has 0 saturated heterocycles. The van der Waals surface area contributed by atoms with Gasteiger partial charge < -0.3 is 0 Å². The van der Waals surface area contributed by atoms with Gasteiger partial charge in [0.25, 0.3) is 0 Å². The number of nitrogens with zero attached hydrogens (tertiary/aromatic N) is 2. The van der Waals surface area contributed by atoms with Crippen LogP contribution in [0.2, 0.25) is 0 Å². The number of rotatable bonds is 1. The molecule has 1 atom stereocenters. The second-order valence-corrected chi connectivity index (χ2v) is 2.25. The molecular formula is C5H3ClN2O3. The van der Waals surface area contributed by atoms with Crippen LogP contribution in [0.25, 0.3) is 0 Å². The van der Waals surface area contributed by atoms with E-state index in [1.807, 2.05) is 0 Å². The molecule has 1 rings (SSSR count). The largest absolute Gasteiger partial charge is 0.326 e. The first-order valence-corrected chi connectivity index (χ1v) is 3.09.